The molecule has 1 unspecified atom stereocenters. The van der Waals surface area contributed by atoms with Crippen LogP contribution in [0.25, 0.3) is 10.9 Å². The fraction of sp³-hybridized carbons (Fsp3) is 0.278. The molecule has 0 aliphatic rings. The number of anilines is 1. The number of rotatable bonds is 7. The maximum Gasteiger partial charge on any atom is 0.320 e. The summed E-state index contributed by atoms with van der Waals surface area (Å²) in [5, 5.41) is 13.1. The zero-order chi connectivity index (χ0) is 19.2. The van der Waals surface area contributed by atoms with Crippen molar-refractivity contribution in [1.29, 1.82) is 0 Å². The van der Waals surface area contributed by atoms with Gasteiger partial charge in [-0.3, -0.25) is 10.4 Å². The number of nitrogens with one attached hydrogen (secondary N) is 3. The van der Waals surface area contributed by atoms with Crippen LogP contribution in [0.5, 0.6) is 5.88 Å². The smallest absolute Gasteiger partial charge is 0.320 e. The summed E-state index contributed by atoms with van der Waals surface area (Å²) in [6.45, 7) is 2.60. The number of aromatic nitrogens is 3. The molecule has 27 heavy (non-hydrogen) atoms. The van der Waals surface area contributed by atoms with Gasteiger partial charge in [-0.2, -0.15) is 0 Å². The van der Waals surface area contributed by atoms with Crippen LogP contribution < -0.4 is 15.4 Å². The number of nitrogens with zero attached hydrogens (tertiary/aromatic N) is 2. The topological polar surface area (TPSA) is 101 Å². The van der Waals surface area contributed by atoms with E-state index in [-0.39, 0.29) is 12.4 Å². The van der Waals surface area contributed by atoms with Crippen molar-refractivity contribution in [3.8, 4) is 5.88 Å². The number of benzene rings is 1. The van der Waals surface area contributed by atoms with Gasteiger partial charge >= 0.3 is 6.03 Å². The number of fused-ring (bicyclic) bond motifs is 1. The van der Waals surface area contributed by atoms with E-state index in [1.165, 1.54) is 19.2 Å². The van der Waals surface area contributed by atoms with E-state index in [9.17, 15) is 9.18 Å². The molecule has 0 saturated heterocycles. The molecule has 1 atom stereocenters. The highest BCUT2D eigenvalue weighted by molar-refractivity contribution is 5.92. The summed E-state index contributed by atoms with van der Waals surface area (Å²) >= 11 is 0. The molecular weight excluding hydrogens is 353 g/mol. The number of carbonyl (C=O) groups excluding carboxylic acids is 1. The molecule has 9 heteroatoms. The molecule has 142 valence electrons. The van der Waals surface area contributed by atoms with Crippen molar-refractivity contribution < 1.29 is 18.7 Å². The fourth-order valence-electron chi connectivity index (χ4n) is 2.60. The van der Waals surface area contributed by atoms with Crippen LogP contribution in [-0.2, 0) is 4.74 Å². The standard InChI is InChI=1S/C18H20FN5O3/c1-3-27-17-13-9-20-16(8-14(13)23-24-17)22-18(25)21-15(10-26-2)11-4-6-12(19)7-5-11/h4-9,15H,3,10H2,1-2H3,(H,23,24)(H2,20,21,22,25). The highest BCUT2D eigenvalue weighted by atomic mass is 19.1. The maximum absolute atomic E-state index is 13.1. The zero-order valence-corrected chi connectivity index (χ0v) is 15.0. The highest BCUT2D eigenvalue weighted by Gasteiger charge is 2.16. The van der Waals surface area contributed by atoms with Gasteiger partial charge in [0.2, 0.25) is 5.88 Å². The van der Waals surface area contributed by atoms with Crippen molar-refractivity contribution in [3.05, 3.63) is 47.9 Å². The Kier molecular flexibility index (Phi) is 5.82. The van der Waals surface area contributed by atoms with Crippen LogP contribution in [0.15, 0.2) is 36.5 Å². The molecule has 3 N–H and O–H groups in total. The molecule has 0 aliphatic heterocycles. The largest absolute Gasteiger partial charge is 0.476 e. The molecule has 0 bridgehead atoms. The predicted octanol–water partition coefficient (Wildman–Crippen LogP) is 3.00. The molecule has 0 aliphatic carbocycles. The summed E-state index contributed by atoms with van der Waals surface area (Å²) in [5.74, 6) is 0.470. The molecule has 0 spiro atoms. The normalized spacial score (nSPS) is 12.0. The van der Waals surface area contributed by atoms with Crippen molar-refractivity contribution in [2.45, 2.75) is 13.0 Å². The molecule has 0 fully saturated rings. The van der Waals surface area contributed by atoms with Crippen molar-refractivity contribution in [2.75, 3.05) is 25.6 Å². The summed E-state index contributed by atoms with van der Waals surface area (Å²) in [4.78, 5) is 16.5. The first kappa shape index (κ1) is 18.6. The number of urea groups is 1. The van der Waals surface area contributed by atoms with Gasteiger partial charge in [0.25, 0.3) is 0 Å². The molecular formula is C18H20FN5O3. The first-order valence-electron chi connectivity index (χ1n) is 8.39. The van der Waals surface area contributed by atoms with Gasteiger partial charge in [-0.1, -0.05) is 12.1 Å². The number of pyridine rings is 1. The molecule has 2 heterocycles. The average molecular weight is 373 g/mol. The summed E-state index contributed by atoms with van der Waals surface area (Å²) in [6.07, 6.45) is 1.58. The number of H-pyrrole nitrogens is 1. The molecule has 3 aromatic rings. The van der Waals surface area contributed by atoms with E-state index in [1.54, 1.807) is 24.4 Å². The molecule has 2 aromatic heterocycles. The van der Waals surface area contributed by atoms with Gasteiger partial charge in [-0.15, -0.1) is 5.10 Å². The Balaban J connectivity index is 1.69. The number of aromatic amines is 1. The minimum absolute atomic E-state index is 0.240. The SMILES string of the molecule is CCOc1n[nH]c2cc(NC(=O)NC(COC)c3ccc(F)cc3)ncc12. The van der Waals surface area contributed by atoms with Crippen molar-refractivity contribution >= 4 is 22.8 Å². The van der Waals surface area contributed by atoms with Crippen molar-refractivity contribution in [2.24, 2.45) is 0 Å². The molecule has 8 nitrogen and oxygen atoms in total. The number of methoxy groups -OCH3 is 1. The fourth-order valence-corrected chi connectivity index (χ4v) is 2.60. The van der Waals surface area contributed by atoms with E-state index in [0.717, 1.165) is 10.9 Å². The molecule has 0 saturated carbocycles. The van der Waals surface area contributed by atoms with E-state index in [0.29, 0.717) is 23.8 Å². The summed E-state index contributed by atoms with van der Waals surface area (Å²) in [5.41, 5.74) is 1.42. The lowest BCUT2D eigenvalue weighted by atomic mass is 10.1. The minimum atomic E-state index is -0.460. The van der Waals surface area contributed by atoms with E-state index < -0.39 is 12.1 Å². The third-order valence-corrected chi connectivity index (χ3v) is 3.85. The highest BCUT2D eigenvalue weighted by Crippen LogP contribution is 2.23. The van der Waals surface area contributed by atoms with Crippen LogP contribution in [0.4, 0.5) is 15.0 Å². The van der Waals surface area contributed by atoms with Gasteiger partial charge in [0.05, 0.1) is 30.2 Å². The van der Waals surface area contributed by atoms with Crippen LogP contribution in [0.2, 0.25) is 0 Å². The average Bonchev–Trinajstić information content (AvgIpc) is 3.04. The van der Waals surface area contributed by atoms with Crippen LogP contribution in [0.3, 0.4) is 0 Å². The first-order valence-corrected chi connectivity index (χ1v) is 8.39. The molecule has 2 amide bonds. The number of carbonyl (C=O) groups is 1. The van der Waals surface area contributed by atoms with Crippen LogP contribution in [0, 0.1) is 5.82 Å². The summed E-state index contributed by atoms with van der Waals surface area (Å²) in [7, 11) is 1.53. The van der Waals surface area contributed by atoms with Crippen LogP contribution >= 0.6 is 0 Å². The molecule has 0 radical (unpaired) electrons. The Morgan fingerprint density at radius 1 is 1.33 bits per heavy atom. The minimum Gasteiger partial charge on any atom is -0.476 e. The van der Waals surface area contributed by atoms with Crippen molar-refractivity contribution in [1.82, 2.24) is 20.5 Å². The second-order valence-corrected chi connectivity index (χ2v) is 5.73. The summed E-state index contributed by atoms with van der Waals surface area (Å²) in [6, 6.07) is 6.64. The molecule has 3 rings (SSSR count). The van der Waals surface area contributed by atoms with Crippen LogP contribution in [0.1, 0.15) is 18.5 Å². The molecule has 1 aromatic carbocycles. The zero-order valence-electron chi connectivity index (χ0n) is 15.0. The van der Waals surface area contributed by atoms with Gasteiger partial charge in [-0.05, 0) is 24.6 Å². The van der Waals surface area contributed by atoms with Gasteiger partial charge in [0, 0.05) is 19.4 Å². The number of halogens is 1. The lowest BCUT2D eigenvalue weighted by Gasteiger charge is -2.18. The second kappa shape index (κ2) is 8.45. The predicted molar refractivity (Wildman–Crippen MR) is 98.2 cm³/mol. The Bertz CT molecular complexity index is 913. The third kappa shape index (κ3) is 4.50. The van der Waals surface area contributed by atoms with E-state index >= 15 is 0 Å². The number of hydrogen-bond donors (Lipinski definition) is 3. The number of hydrogen-bond acceptors (Lipinski definition) is 5. The quantitative estimate of drug-likeness (QED) is 0.591. The monoisotopic (exact) mass is 373 g/mol. The first-order chi connectivity index (χ1) is 13.1. The Morgan fingerprint density at radius 3 is 2.81 bits per heavy atom. The second-order valence-electron chi connectivity index (χ2n) is 5.73. The Morgan fingerprint density at radius 2 is 2.11 bits per heavy atom. The Hall–Kier alpha value is -3.20. The van der Waals surface area contributed by atoms with Crippen LogP contribution in [-0.4, -0.2) is 41.5 Å². The Labute approximate surface area is 155 Å². The van der Waals surface area contributed by atoms with Gasteiger partial charge in [0.15, 0.2) is 0 Å². The van der Waals surface area contributed by atoms with Gasteiger partial charge in [-0.25, -0.2) is 14.2 Å². The van der Waals surface area contributed by atoms with Gasteiger partial charge < -0.3 is 14.8 Å². The lowest BCUT2D eigenvalue weighted by molar-refractivity contribution is 0.168. The van der Waals surface area contributed by atoms with E-state index in [4.69, 9.17) is 9.47 Å². The van der Waals surface area contributed by atoms with Gasteiger partial charge in [0.1, 0.15) is 11.6 Å². The number of ether oxygens (including phenoxy) is 2. The third-order valence-electron chi connectivity index (χ3n) is 3.85. The van der Waals surface area contributed by atoms with E-state index in [2.05, 4.69) is 25.8 Å². The summed E-state index contributed by atoms with van der Waals surface area (Å²) < 4.78 is 23.6. The number of amides is 2. The van der Waals surface area contributed by atoms with E-state index in [1.807, 2.05) is 6.92 Å². The maximum atomic E-state index is 13.1. The van der Waals surface area contributed by atoms with Crippen molar-refractivity contribution in [3.63, 3.8) is 0 Å². The lowest BCUT2D eigenvalue weighted by Crippen LogP contribution is -2.35.